The topological polar surface area (TPSA) is 87.1 Å². The van der Waals surface area contributed by atoms with Crippen molar-refractivity contribution in [3.05, 3.63) is 89.5 Å². The molecule has 6 nitrogen and oxygen atoms in total. The van der Waals surface area contributed by atoms with Crippen molar-refractivity contribution in [2.45, 2.75) is 25.4 Å². The summed E-state index contributed by atoms with van der Waals surface area (Å²) in [4.78, 5) is 14.0. The summed E-state index contributed by atoms with van der Waals surface area (Å²) in [6.07, 6.45) is 11.5. The standard InChI is InChI=1S/C28H22N4O2/c1-15-10-12-23-25(18-7-3-5-9-21(18)34-23)24(15)27-30-26(31-28(29)32-27)16-11-13-22-19(14-16)17-6-2-4-8-20(17)33-22/h2-7,9-15,20,24H,8H2,1H3,(H2,29,30,31,32)/t15?,20-,24?/m0/s1. The summed E-state index contributed by atoms with van der Waals surface area (Å²) in [7, 11) is 0. The van der Waals surface area contributed by atoms with Gasteiger partial charge in [0.15, 0.2) is 5.82 Å². The molecule has 0 spiro atoms. The van der Waals surface area contributed by atoms with Crippen LogP contribution < -0.4 is 10.5 Å². The summed E-state index contributed by atoms with van der Waals surface area (Å²) in [6, 6.07) is 14.2. The van der Waals surface area contributed by atoms with Gasteiger partial charge in [0.25, 0.3) is 0 Å². The number of nitrogens with two attached hydrogens (primary N) is 1. The third-order valence-electron chi connectivity index (χ3n) is 6.93. The first-order valence-corrected chi connectivity index (χ1v) is 11.5. The Morgan fingerprint density at radius 1 is 1.06 bits per heavy atom. The molecule has 0 saturated heterocycles. The fraction of sp³-hybridized carbons (Fsp3) is 0.179. The third kappa shape index (κ3) is 2.85. The molecule has 34 heavy (non-hydrogen) atoms. The molecule has 3 atom stereocenters. The van der Waals surface area contributed by atoms with E-state index in [1.807, 2.05) is 36.4 Å². The molecule has 7 rings (SSSR count). The maximum Gasteiger partial charge on any atom is 0.223 e. The van der Waals surface area contributed by atoms with Crippen LogP contribution in [0, 0.1) is 5.92 Å². The lowest BCUT2D eigenvalue weighted by atomic mass is 9.81. The van der Waals surface area contributed by atoms with Crippen LogP contribution in [0.5, 0.6) is 5.75 Å². The molecule has 2 aromatic heterocycles. The first kappa shape index (κ1) is 19.3. The van der Waals surface area contributed by atoms with E-state index in [0.29, 0.717) is 11.6 Å². The van der Waals surface area contributed by atoms with E-state index in [-0.39, 0.29) is 23.9 Å². The second kappa shape index (κ2) is 7.15. The summed E-state index contributed by atoms with van der Waals surface area (Å²) >= 11 is 0. The molecule has 0 radical (unpaired) electrons. The number of ether oxygens (including phenoxy) is 1. The smallest absolute Gasteiger partial charge is 0.223 e. The Balaban J connectivity index is 1.36. The average molecular weight is 447 g/mol. The molecule has 2 aromatic carbocycles. The molecule has 3 heterocycles. The second-order valence-corrected chi connectivity index (χ2v) is 9.05. The van der Waals surface area contributed by atoms with Crippen LogP contribution in [0.4, 0.5) is 5.95 Å². The normalized spacial score (nSPS) is 22.1. The Morgan fingerprint density at radius 3 is 2.91 bits per heavy atom. The molecule has 2 N–H and O–H groups in total. The van der Waals surface area contributed by atoms with Crippen molar-refractivity contribution in [2.75, 3.05) is 5.73 Å². The van der Waals surface area contributed by atoms with E-state index in [2.05, 4.69) is 53.3 Å². The van der Waals surface area contributed by atoms with Crippen molar-refractivity contribution in [1.82, 2.24) is 15.0 Å². The SMILES string of the molecule is CC1C=Cc2oc3ccccc3c2C1c1nc(N)nc(-c2ccc3c(c2)C2=CC=CC[C@@H]2O3)n1. The van der Waals surface area contributed by atoms with Crippen molar-refractivity contribution < 1.29 is 9.15 Å². The van der Waals surface area contributed by atoms with E-state index in [1.165, 1.54) is 5.57 Å². The van der Waals surface area contributed by atoms with E-state index in [9.17, 15) is 0 Å². The quantitative estimate of drug-likeness (QED) is 0.421. The van der Waals surface area contributed by atoms with Crippen LogP contribution in [0.15, 0.2) is 71.2 Å². The minimum absolute atomic E-state index is 0.0805. The van der Waals surface area contributed by atoms with Crippen LogP contribution in [-0.2, 0) is 0 Å². The monoisotopic (exact) mass is 446 g/mol. The second-order valence-electron chi connectivity index (χ2n) is 9.05. The summed E-state index contributed by atoms with van der Waals surface area (Å²) < 4.78 is 12.2. The molecule has 0 saturated carbocycles. The third-order valence-corrected chi connectivity index (χ3v) is 6.93. The predicted molar refractivity (Wildman–Crippen MR) is 132 cm³/mol. The van der Waals surface area contributed by atoms with E-state index < -0.39 is 0 Å². The Labute approximate surface area is 196 Å². The molecule has 0 fully saturated rings. The molecule has 6 heteroatoms. The maximum absolute atomic E-state index is 6.23. The van der Waals surface area contributed by atoms with Crippen LogP contribution in [-0.4, -0.2) is 21.1 Å². The van der Waals surface area contributed by atoms with Crippen molar-refractivity contribution in [3.8, 4) is 17.1 Å². The number of rotatable bonds is 2. The number of hydrogen-bond acceptors (Lipinski definition) is 6. The largest absolute Gasteiger partial charge is 0.485 e. The Morgan fingerprint density at radius 2 is 1.97 bits per heavy atom. The number of furan rings is 1. The molecule has 166 valence electrons. The zero-order valence-electron chi connectivity index (χ0n) is 18.6. The lowest BCUT2D eigenvalue weighted by molar-refractivity contribution is 0.279. The number of aromatic nitrogens is 3. The van der Waals surface area contributed by atoms with Crippen LogP contribution in [0.1, 0.15) is 42.0 Å². The van der Waals surface area contributed by atoms with Crippen LogP contribution in [0.25, 0.3) is 34.0 Å². The average Bonchev–Trinajstić information content (AvgIpc) is 3.41. The summed E-state index contributed by atoms with van der Waals surface area (Å²) in [6.45, 7) is 2.17. The molecule has 4 aromatic rings. The molecule has 2 unspecified atom stereocenters. The Kier molecular flexibility index (Phi) is 4.06. The van der Waals surface area contributed by atoms with Gasteiger partial charge in [0.05, 0.1) is 5.92 Å². The number of hydrogen-bond donors (Lipinski definition) is 1. The van der Waals surface area contributed by atoms with Gasteiger partial charge < -0.3 is 14.9 Å². The first-order chi connectivity index (χ1) is 16.7. The Bertz CT molecular complexity index is 1560. The number of nitrogen functional groups attached to an aromatic ring is 1. The first-order valence-electron chi connectivity index (χ1n) is 11.5. The fourth-order valence-corrected chi connectivity index (χ4v) is 5.32. The van der Waals surface area contributed by atoms with Gasteiger partial charge in [0.2, 0.25) is 5.95 Å². The maximum atomic E-state index is 6.23. The number of para-hydroxylation sites is 1. The van der Waals surface area contributed by atoms with E-state index in [4.69, 9.17) is 19.9 Å². The number of nitrogens with zero attached hydrogens (tertiary/aromatic N) is 3. The number of benzene rings is 2. The summed E-state index contributed by atoms with van der Waals surface area (Å²) in [5.74, 6) is 3.27. The van der Waals surface area contributed by atoms with Crippen LogP contribution in [0.2, 0.25) is 0 Å². The predicted octanol–water partition coefficient (Wildman–Crippen LogP) is 5.77. The number of fused-ring (bicyclic) bond motifs is 6. The fourth-order valence-electron chi connectivity index (χ4n) is 5.32. The molecule has 2 aliphatic carbocycles. The van der Waals surface area contributed by atoms with Gasteiger partial charge in [-0.05, 0) is 36.3 Å². The van der Waals surface area contributed by atoms with Crippen molar-refractivity contribution >= 4 is 28.6 Å². The highest BCUT2D eigenvalue weighted by Crippen LogP contribution is 2.44. The van der Waals surface area contributed by atoms with Gasteiger partial charge in [0.1, 0.15) is 29.0 Å². The van der Waals surface area contributed by atoms with Gasteiger partial charge in [-0.15, -0.1) is 0 Å². The molecule has 3 aliphatic rings. The van der Waals surface area contributed by atoms with Crippen molar-refractivity contribution in [1.29, 1.82) is 0 Å². The zero-order chi connectivity index (χ0) is 22.8. The minimum atomic E-state index is -0.0824. The molecule has 1 aliphatic heterocycles. The number of allylic oxidation sites excluding steroid dienone is 3. The Hall–Kier alpha value is -4.19. The summed E-state index contributed by atoms with van der Waals surface area (Å²) in [5, 5.41) is 1.08. The highest BCUT2D eigenvalue weighted by Gasteiger charge is 2.33. The molecular weight excluding hydrogens is 424 g/mol. The van der Waals surface area contributed by atoms with Gasteiger partial charge in [0, 0.05) is 34.1 Å². The van der Waals surface area contributed by atoms with Gasteiger partial charge >= 0.3 is 0 Å². The van der Waals surface area contributed by atoms with Gasteiger partial charge in [-0.3, -0.25) is 0 Å². The minimum Gasteiger partial charge on any atom is -0.485 e. The van der Waals surface area contributed by atoms with Crippen LogP contribution in [0.3, 0.4) is 0 Å². The van der Waals surface area contributed by atoms with Gasteiger partial charge in [-0.25, -0.2) is 4.98 Å². The van der Waals surface area contributed by atoms with E-state index >= 15 is 0 Å². The molecule has 0 amide bonds. The lowest BCUT2D eigenvalue weighted by Crippen LogP contribution is -2.18. The molecule has 0 bridgehead atoms. The van der Waals surface area contributed by atoms with Gasteiger partial charge in [-0.2, -0.15) is 9.97 Å². The van der Waals surface area contributed by atoms with Crippen molar-refractivity contribution in [3.63, 3.8) is 0 Å². The lowest BCUT2D eigenvalue weighted by Gasteiger charge is -2.24. The van der Waals surface area contributed by atoms with Crippen LogP contribution >= 0.6 is 0 Å². The highest BCUT2D eigenvalue weighted by molar-refractivity contribution is 5.87. The molecular formula is C28H22N4O2. The highest BCUT2D eigenvalue weighted by atomic mass is 16.5. The summed E-state index contributed by atoms with van der Waals surface area (Å²) in [5.41, 5.74) is 11.4. The van der Waals surface area contributed by atoms with Crippen molar-refractivity contribution in [2.24, 2.45) is 5.92 Å². The van der Waals surface area contributed by atoms with E-state index in [1.54, 1.807) is 0 Å². The van der Waals surface area contributed by atoms with Gasteiger partial charge in [-0.1, -0.05) is 49.4 Å². The van der Waals surface area contributed by atoms with E-state index in [0.717, 1.165) is 45.6 Å². The number of anilines is 1. The zero-order valence-corrected chi connectivity index (χ0v) is 18.6.